The van der Waals surface area contributed by atoms with Crippen LogP contribution in [0.15, 0.2) is 29.6 Å². The van der Waals surface area contributed by atoms with Crippen molar-refractivity contribution in [3.05, 3.63) is 51.7 Å². The Balaban J connectivity index is 1.67. The molecule has 4 rings (SSSR count). The number of carboxylic acid groups (broad SMARTS) is 1. The lowest BCUT2D eigenvalue weighted by atomic mass is 9.78. The van der Waals surface area contributed by atoms with Crippen LogP contribution in [-0.2, 0) is 0 Å². The van der Waals surface area contributed by atoms with Gasteiger partial charge in [-0.2, -0.15) is 0 Å². The number of aromatic nitrogens is 1. The van der Waals surface area contributed by atoms with E-state index in [1.165, 1.54) is 35.6 Å². The molecule has 2 saturated heterocycles. The van der Waals surface area contributed by atoms with Crippen molar-refractivity contribution in [2.24, 2.45) is 5.41 Å². The maximum Gasteiger partial charge on any atom is 0.408 e. The molecule has 0 aliphatic carbocycles. The van der Waals surface area contributed by atoms with Crippen LogP contribution < -0.4 is 0 Å². The lowest BCUT2D eigenvalue weighted by Crippen LogP contribution is -2.63. The molecular weight excluding hydrogens is 405 g/mol. The molecule has 30 heavy (non-hydrogen) atoms. The monoisotopic (exact) mass is 431 g/mol. The molecule has 1 amide bonds. The van der Waals surface area contributed by atoms with E-state index in [0.717, 1.165) is 19.4 Å². The number of amides is 1. The summed E-state index contributed by atoms with van der Waals surface area (Å²) in [6, 6.07) is 5.00. The lowest BCUT2D eigenvalue weighted by molar-refractivity contribution is -0.0381. The fraction of sp³-hybridized carbons (Fsp3) is 0.500. The van der Waals surface area contributed by atoms with E-state index in [1.54, 1.807) is 10.3 Å². The van der Waals surface area contributed by atoms with Gasteiger partial charge >= 0.3 is 6.09 Å². The minimum Gasteiger partial charge on any atom is -0.465 e. The molecule has 2 aliphatic heterocycles. The van der Waals surface area contributed by atoms with Gasteiger partial charge in [0.2, 0.25) is 5.78 Å². The minimum absolute atomic E-state index is 0.156. The summed E-state index contributed by atoms with van der Waals surface area (Å²) in [5.41, 5.74) is 0.399. The van der Waals surface area contributed by atoms with Crippen LogP contribution in [-0.4, -0.2) is 56.9 Å². The van der Waals surface area contributed by atoms with Crippen LogP contribution in [0.1, 0.15) is 60.7 Å². The molecule has 6 nitrogen and oxygen atoms in total. The van der Waals surface area contributed by atoms with Crippen molar-refractivity contribution in [3.8, 4) is 0 Å². The van der Waals surface area contributed by atoms with E-state index in [9.17, 15) is 19.1 Å². The summed E-state index contributed by atoms with van der Waals surface area (Å²) < 4.78 is 13.2. The van der Waals surface area contributed by atoms with E-state index in [-0.39, 0.29) is 29.0 Å². The average Bonchev–Trinajstić information content (AvgIpc) is 3.34. The smallest absolute Gasteiger partial charge is 0.408 e. The quantitative estimate of drug-likeness (QED) is 0.728. The van der Waals surface area contributed by atoms with Crippen molar-refractivity contribution in [1.82, 2.24) is 14.8 Å². The first-order chi connectivity index (χ1) is 14.2. The summed E-state index contributed by atoms with van der Waals surface area (Å²) in [7, 11) is 0. The van der Waals surface area contributed by atoms with Gasteiger partial charge in [-0.3, -0.25) is 14.6 Å². The summed E-state index contributed by atoms with van der Waals surface area (Å²) in [6.07, 6.45) is 1.10. The zero-order valence-electron chi connectivity index (χ0n) is 17.3. The normalized spacial score (nSPS) is 24.7. The second-order valence-corrected chi connectivity index (χ2v) is 10.0. The predicted molar refractivity (Wildman–Crippen MR) is 112 cm³/mol. The minimum atomic E-state index is -0.951. The lowest BCUT2D eigenvalue weighted by Gasteiger charge is -2.52. The van der Waals surface area contributed by atoms with Crippen molar-refractivity contribution in [1.29, 1.82) is 0 Å². The Morgan fingerprint density at radius 2 is 1.93 bits per heavy atom. The Labute approximate surface area is 179 Å². The van der Waals surface area contributed by atoms with Gasteiger partial charge in [0.05, 0.1) is 6.04 Å². The molecule has 0 saturated carbocycles. The van der Waals surface area contributed by atoms with Crippen LogP contribution in [0.25, 0.3) is 0 Å². The Morgan fingerprint density at radius 3 is 2.57 bits per heavy atom. The summed E-state index contributed by atoms with van der Waals surface area (Å²) >= 11 is 1.31. The van der Waals surface area contributed by atoms with Gasteiger partial charge < -0.3 is 5.11 Å². The zero-order valence-corrected chi connectivity index (χ0v) is 18.2. The Morgan fingerprint density at radius 1 is 1.23 bits per heavy atom. The van der Waals surface area contributed by atoms with E-state index in [4.69, 9.17) is 0 Å². The third-order valence-electron chi connectivity index (χ3n) is 6.08. The Bertz CT molecular complexity index is 953. The molecule has 1 N–H and O–H groups in total. The van der Waals surface area contributed by atoms with Gasteiger partial charge in [-0.25, -0.2) is 14.2 Å². The molecule has 3 heterocycles. The second-order valence-electron chi connectivity index (χ2n) is 9.13. The number of thiazole rings is 1. The summed E-state index contributed by atoms with van der Waals surface area (Å²) in [5.74, 6) is -0.695. The molecule has 1 unspecified atom stereocenters. The van der Waals surface area contributed by atoms with Gasteiger partial charge in [-0.15, -0.1) is 11.3 Å². The molecular formula is C22H26FN3O3S. The average molecular weight is 432 g/mol. The van der Waals surface area contributed by atoms with Crippen LogP contribution in [0.3, 0.4) is 0 Å². The standard InChI is InChI=1S/C22H26FN3O3S/c1-22(2,3)19-16-5-4-10-25(16)11-17(26(19)21(28)29)20-24-15(12-30-20)18(27)13-6-8-14(23)9-7-13/h6-9,12,16-17,19H,4-5,10-11H2,1-3H3,(H,28,29)/t16-,17+,19?/m1/s1. The maximum atomic E-state index is 13.2. The van der Waals surface area contributed by atoms with E-state index in [0.29, 0.717) is 17.1 Å². The van der Waals surface area contributed by atoms with Crippen molar-refractivity contribution in [2.45, 2.75) is 51.7 Å². The molecule has 1 aromatic carbocycles. The summed E-state index contributed by atoms with van der Waals surface area (Å²) in [5, 5.41) is 12.4. The number of nitrogens with zero attached hydrogens (tertiary/aromatic N) is 3. The molecule has 1 aromatic heterocycles. The molecule has 3 atom stereocenters. The molecule has 8 heteroatoms. The number of piperazine rings is 1. The highest BCUT2D eigenvalue weighted by Crippen LogP contribution is 2.43. The highest BCUT2D eigenvalue weighted by molar-refractivity contribution is 7.10. The first kappa shape index (κ1) is 20.9. The molecule has 0 bridgehead atoms. The number of benzene rings is 1. The van der Waals surface area contributed by atoms with Gasteiger partial charge in [0, 0.05) is 23.5 Å². The van der Waals surface area contributed by atoms with Crippen LogP contribution in [0.4, 0.5) is 9.18 Å². The van der Waals surface area contributed by atoms with Crippen LogP contribution in [0.5, 0.6) is 0 Å². The first-order valence-electron chi connectivity index (χ1n) is 10.2. The number of hydrogen-bond acceptors (Lipinski definition) is 5. The molecule has 2 aromatic rings. The number of halogens is 1. The predicted octanol–water partition coefficient (Wildman–Crippen LogP) is 4.43. The number of carbonyl (C=O) groups is 2. The van der Waals surface area contributed by atoms with Gasteiger partial charge in [-0.05, 0) is 49.1 Å². The van der Waals surface area contributed by atoms with Gasteiger partial charge in [0.15, 0.2) is 0 Å². The molecule has 2 aliphatic rings. The number of ketones is 1. The highest BCUT2D eigenvalue weighted by atomic mass is 32.1. The van der Waals surface area contributed by atoms with Crippen molar-refractivity contribution < 1.29 is 19.1 Å². The highest BCUT2D eigenvalue weighted by Gasteiger charge is 2.51. The maximum absolute atomic E-state index is 13.2. The summed E-state index contributed by atoms with van der Waals surface area (Å²) in [6.45, 7) is 7.78. The number of carbonyl (C=O) groups excluding carboxylic acids is 1. The van der Waals surface area contributed by atoms with E-state index < -0.39 is 18.0 Å². The number of rotatable bonds is 3. The van der Waals surface area contributed by atoms with Gasteiger partial charge in [0.25, 0.3) is 0 Å². The van der Waals surface area contributed by atoms with Crippen molar-refractivity contribution in [3.63, 3.8) is 0 Å². The summed E-state index contributed by atoms with van der Waals surface area (Å²) in [4.78, 5) is 33.6. The van der Waals surface area contributed by atoms with E-state index in [1.807, 2.05) is 0 Å². The largest absolute Gasteiger partial charge is 0.465 e. The Hall–Kier alpha value is -2.32. The van der Waals surface area contributed by atoms with Crippen molar-refractivity contribution >= 4 is 23.2 Å². The zero-order chi connectivity index (χ0) is 21.6. The van der Waals surface area contributed by atoms with Gasteiger partial charge in [0.1, 0.15) is 22.6 Å². The topological polar surface area (TPSA) is 73.7 Å². The van der Waals surface area contributed by atoms with E-state index >= 15 is 0 Å². The SMILES string of the molecule is CC(C)(C)C1[C@H]2CCCN2C[C@@H](c2nc(C(=O)c3ccc(F)cc3)cs2)N1C(=O)O. The molecule has 0 radical (unpaired) electrons. The van der Waals surface area contributed by atoms with Crippen LogP contribution in [0.2, 0.25) is 0 Å². The molecule has 0 spiro atoms. The molecule has 2 fully saturated rings. The third-order valence-corrected chi connectivity index (χ3v) is 7.02. The van der Waals surface area contributed by atoms with Crippen LogP contribution >= 0.6 is 11.3 Å². The number of hydrogen-bond donors (Lipinski definition) is 1. The van der Waals surface area contributed by atoms with Crippen LogP contribution in [0, 0.1) is 11.2 Å². The fourth-order valence-electron chi connectivity index (χ4n) is 4.86. The first-order valence-corrected chi connectivity index (χ1v) is 11.1. The fourth-order valence-corrected chi connectivity index (χ4v) is 5.75. The molecule has 160 valence electrons. The van der Waals surface area contributed by atoms with Crippen molar-refractivity contribution in [2.75, 3.05) is 13.1 Å². The van der Waals surface area contributed by atoms with E-state index in [2.05, 4.69) is 30.7 Å². The number of fused-ring (bicyclic) bond motifs is 1. The third kappa shape index (κ3) is 3.74. The second kappa shape index (κ2) is 7.74. The Kier molecular flexibility index (Phi) is 5.40. The van der Waals surface area contributed by atoms with Gasteiger partial charge in [-0.1, -0.05) is 20.8 Å².